The highest BCUT2D eigenvalue weighted by atomic mass is 35.5. The summed E-state index contributed by atoms with van der Waals surface area (Å²) < 4.78 is 0. The van der Waals surface area contributed by atoms with Gasteiger partial charge in [-0.05, 0) is 31.3 Å². The van der Waals surface area contributed by atoms with Gasteiger partial charge in [0.05, 0.1) is 12.6 Å². The molecule has 0 bridgehead atoms. The van der Waals surface area contributed by atoms with E-state index in [4.69, 9.17) is 5.73 Å². The molecule has 142 valence electrons. The summed E-state index contributed by atoms with van der Waals surface area (Å²) in [6.45, 7) is 5.18. The topological polar surface area (TPSA) is 69.9 Å². The molecule has 2 aliphatic heterocycles. The normalized spacial score (nSPS) is 19.4. The van der Waals surface area contributed by atoms with Gasteiger partial charge in [0.15, 0.2) is 0 Å². The molecule has 0 unspecified atom stereocenters. The van der Waals surface area contributed by atoms with Gasteiger partial charge in [-0.2, -0.15) is 11.8 Å². The van der Waals surface area contributed by atoms with E-state index in [1.165, 1.54) is 0 Å². The van der Waals surface area contributed by atoms with Gasteiger partial charge in [-0.25, -0.2) is 0 Å². The summed E-state index contributed by atoms with van der Waals surface area (Å²) in [7, 11) is 0. The van der Waals surface area contributed by atoms with Crippen LogP contribution in [0.5, 0.6) is 0 Å². The zero-order valence-electron chi connectivity index (χ0n) is 14.3. The lowest BCUT2D eigenvalue weighted by Gasteiger charge is -2.36. The van der Waals surface area contributed by atoms with Crippen LogP contribution in [0.1, 0.15) is 19.3 Å². The van der Waals surface area contributed by atoms with Crippen molar-refractivity contribution in [3.63, 3.8) is 0 Å². The minimum absolute atomic E-state index is 0. The monoisotopic (exact) mass is 400 g/mol. The van der Waals surface area contributed by atoms with E-state index in [9.17, 15) is 9.59 Å². The first-order valence-electron chi connectivity index (χ1n) is 8.15. The third kappa shape index (κ3) is 6.96. The molecule has 2 heterocycles. The van der Waals surface area contributed by atoms with E-state index in [2.05, 4.69) is 4.90 Å². The second kappa shape index (κ2) is 12.2. The molecule has 2 N–H and O–H groups in total. The van der Waals surface area contributed by atoms with Crippen molar-refractivity contribution in [2.75, 3.05) is 57.8 Å². The van der Waals surface area contributed by atoms with Gasteiger partial charge >= 0.3 is 0 Å². The highest BCUT2D eigenvalue weighted by Gasteiger charge is 2.27. The second-order valence-electron chi connectivity index (χ2n) is 6.08. The molecule has 0 spiro atoms. The molecule has 2 rings (SSSR count). The maximum absolute atomic E-state index is 12.2. The highest BCUT2D eigenvalue weighted by molar-refractivity contribution is 7.98. The number of carbonyl (C=O) groups is 2. The molecule has 0 aromatic carbocycles. The van der Waals surface area contributed by atoms with Crippen LogP contribution in [-0.2, 0) is 9.59 Å². The van der Waals surface area contributed by atoms with Crippen molar-refractivity contribution in [1.29, 1.82) is 0 Å². The van der Waals surface area contributed by atoms with Gasteiger partial charge in [-0.1, -0.05) is 0 Å². The summed E-state index contributed by atoms with van der Waals surface area (Å²) in [5.41, 5.74) is 5.95. The molecule has 2 amide bonds. The Bertz CT molecular complexity index is 390. The third-order valence-electron chi connectivity index (χ3n) is 4.45. The molecule has 0 saturated carbocycles. The molecule has 2 aliphatic rings. The lowest BCUT2D eigenvalue weighted by atomic mass is 10.2. The smallest absolute Gasteiger partial charge is 0.239 e. The Labute approximate surface area is 161 Å². The lowest BCUT2D eigenvalue weighted by Crippen LogP contribution is -2.54. The van der Waals surface area contributed by atoms with Crippen molar-refractivity contribution in [1.82, 2.24) is 14.7 Å². The van der Waals surface area contributed by atoms with Crippen molar-refractivity contribution < 1.29 is 9.59 Å². The standard InChI is InChI=1S/C15H28N4O2S.2ClH/c1-22-11-4-13(16)15(21)19-9-7-17(8-10-19)12-14(20)18-5-2-3-6-18;;/h13H,2-12,16H2,1H3;2*1H/t13-;;/m0../s1. The minimum atomic E-state index is -0.384. The van der Waals surface area contributed by atoms with Crippen LogP contribution < -0.4 is 5.73 Å². The number of amides is 2. The SMILES string of the molecule is CSCC[C@H](N)C(=O)N1CCN(CC(=O)N2CCCC2)CC1.Cl.Cl. The molecular formula is C15H30Cl2N4O2S. The predicted molar refractivity (Wildman–Crippen MR) is 104 cm³/mol. The number of carbonyl (C=O) groups excluding carboxylic acids is 2. The summed E-state index contributed by atoms with van der Waals surface area (Å²) in [5.74, 6) is 1.20. The average Bonchev–Trinajstić information content (AvgIpc) is 3.07. The van der Waals surface area contributed by atoms with Crippen LogP contribution in [0.25, 0.3) is 0 Å². The van der Waals surface area contributed by atoms with E-state index in [0.717, 1.165) is 51.2 Å². The van der Waals surface area contributed by atoms with Crippen molar-refractivity contribution in [2.45, 2.75) is 25.3 Å². The molecule has 24 heavy (non-hydrogen) atoms. The number of thioether (sulfide) groups is 1. The van der Waals surface area contributed by atoms with Crippen molar-refractivity contribution in [2.24, 2.45) is 5.73 Å². The number of rotatable bonds is 6. The Morgan fingerprint density at radius 1 is 1.00 bits per heavy atom. The van der Waals surface area contributed by atoms with Crippen molar-refractivity contribution in [3.8, 4) is 0 Å². The maximum atomic E-state index is 12.2. The van der Waals surface area contributed by atoms with Crippen LogP contribution in [0.4, 0.5) is 0 Å². The zero-order chi connectivity index (χ0) is 15.9. The molecule has 0 aliphatic carbocycles. The van der Waals surface area contributed by atoms with Gasteiger partial charge < -0.3 is 15.5 Å². The molecule has 2 saturated heterocycles. The van der Waals surface area contributed by atoms with Crippen molar-refractivity contribution in [3.05, 3.63) is 0 Å². The fraction of sp³-hybridized carbons (Fsp3) is 0.867. The largest absolute Gasteiger partial charge is 0.342 e. The van der Waals surface area contributed by atoms with E-state index in [-0.39, 0.29) is 42.7 Å². The minimum Gasteiger partial charge on any atom is -0.342 e. The first kappa shape index (κ1) is 23.8. The summed E-state index contributed by atoms with van der Waals surface area (Å²) >= 11 is 1.71. The number of piperazine rings is 1. The fourth-order valence-corrected chi connectivity index (χ4v) is 3.48. The Balaban J connectivity index is 0.00000264. The summed E-state index contributed by atoms with van der Waals surface area (Å²) in [6.07, 6.45) is 5.00. The Morgan fingerprint density at radius 3 is 2.12 bits per heavy atom. The number of likely N-dealkylation sites (tertiary alicyclic amines) is 1. The molecule has 2 fully saturated rings. The van der Waals surface area contributed by atoms with Crippen LogP contribution in [-0.4, -0.2) is 90.4 Å². The van der Waals surface area contributed by atoms with E-state index in [1.54, 1.807) is 11.8 Å². The zero-order valence-corrected chi connectivity index (χ0v) is 16.8. The number of nitrogens with zero attached hydrogens (tertiary/aromatic N) is 3. The number of halogens is 2. The summed E-state index contributed by atoms with van der Waals surface area (Å²) in [4.78, 5) is 30.3. The van der Waals surface area contributed by atoms with Crippen LogP contribution in [0.2, 0.25) is 0 Å². The maximum Gasteiger partial charge on any atom is 0.239 e. The molecule has 6 nitrogen and oxygen atoms in total. The van der Waals surface area contributed by atoms with Gasteiger partial charge in [0, 0.05) is 39.3 Å². The van der Waals surface area contributed by atoms with Crippen LogP contribution in [0.15, 0.2) is 0 Å². The molecule has 0 aromatic heterocycles. The average molecular weight is 401 g/mol. The summed E-state index contributed by atoms with van der Waals surface area (Å²) in [5, 5.41) is 0. The number of hydrogen-bond donors (Lipinski definition) is 1. The van der Waals surface area contributed by atoms with Crippen LogP contribution in [0, 0.1) is 0 Å². The number of nitrogens with two attached hydrogens (primary N) is 1. The Kier molecular flexibility index (Phi) is 12.1. The van der Waals surface area contributed by atoms with Crippen LogP contribution >= 0.6 is 36.6 Å². The predicted octanol–water partition coefficient (Wildman–Crippen LogP) is 0.677. The molecule has 9 heteroatoms. The first-order valence-corrected chi connectivity index (χ1v) is 9.54. The van der Waals surface area contributed by atoms with E-state index in [1.807, 2.05) is 16.1 Å². The van der Waals surface area contributed by atoms with Crippen molar-refractivity contribution >= 4 is 48.4 Å². The third-order valence-corrected chi connectivity index (χ3v) is 5.10. The lowest BCUT2D eigenvalue weighted by molar-refractivity contribution is -0.135. The quantitative estimate of drug-likeness (QED) is 0.709. The second-order valence-corrected chi connectivity index (χ2v) is 7.06. The van der Waals surface area contributed by atoms with Gasteiger partial charge in [0.2, 0.25) is 11.8 Å². The molecule has 0 radical (unpaired) electrons. The van der Waals surface area contributed by atoms with Gasteiger partial charge in [-0.15, -0.1) is 24.8 Å². The Hall–Kier alpha value is -0.210. The molecule has 0 aromatic rings. The highest BCUT2D eigenvalue weighted by Crippen LogP contribution is 2.10. The van der Waals surface area contributed by atoms with Gasteiger partial charge in [0.25, 0.3) is 0 Å². The van der Waals surface area contributed by atoms with E-state index >= 15 is 0 Å². The fourth-order valence-electron chi connectivity index (χ4n) is 2.99. The molecular weight excluding hydrogens is 371 g/mol. The van der Waals surface area contributed by atoms with E-state index in [0.29, 0.717) is 19.6 Å². The summed E-state index contributed by atoms with van der Waals surface area (Å²) in [6, 6.07) is -0.384. The van der Waals surface area contributed by atoms with Gasteiger partial charge in [-0.3, -0.25) is 14.5 Å². The van der Waals surface area contributed by atoms with E-state index < -0.39 is 0 Å². The van der Waals surface area contributed by atoms with Crippen LogP contribution in [0.3, 0.4) is 0 Å². The number of hydrogen-bond acceptors (Lipinski definition) is 5. The van der Waals surface area contributed by atoms with Gasteiger partial charge in [0.1, 0.15) is 0 Å². The molecule has 1 atom stereocenters. The first-order chi connectivity index (χ1) is 10.6. The Morgan fingerprint density at radius 2 is 1.58 bits per heavy atom.